The molecule has 206 valence electrons. The van der Waals surface area contributed by atoms with Crippen molar-refractivity contribution in [1.29, 1.82) is 0 Å². The molecule has 5 rings (SSSR count). The molecule has 1 aromatic rings. The van der Waals surface area contributed by atoms with Crippen LogP contribution in [0.15, 0.2) is 24.3 Å². The average molecular weight is 525 g/mol. The SMILES string of the molecule is C#CC1CN(C(=O)[C@@H](NC(=O)c2ccc(N3CCN(C)CC3)cc2)C2CCCC2)C2C1OCC2(OC)OC. The summed E-state index contributed by atoms with van der Waals surface area (Å²) >= 11 is 0. The normalized spacial score (nSPS) is 28.2. The number of anilines is 1. The van der Waals surface area contributed by atoms with Crippen LogP contribution in [0.2, 0.25) is 0 Å². The molecule has 38 heavy (non-hydrogen) atoms. The number of nitrogens with one attached hydrogen (secondary N) is 1. The van der Waals surface area contributed by atoms with Crippen molar-refractivity contribution in [3.63, 3.8) is 0 Å². The van der Waals surface area contributed by atoms with Crippen molar-refractivity contribution in [2.45, 2.75) is 49.7 Å². The number of hydrogen-bond donors (Lipinski definition) is 1. The Morgan fingerprint density at radius 1 is 1.11 bits per heavy atom. The van der Waals surface area contributed by atoms with Crippen molar-refractivity contribution in [2.75, 3.05) is 65.5 Å². The van der Waals surface area contributed by atoms with Gasteiger partial charge in [0.05, 0.1) is 12.0 Å². The Morgan fingerprint density at radius 2 is 1.76 bits per heavy atom. The van der Waals surface area contributed by atoms with Crippen LogP contribution in [0.25, 0.3) is 0 Å². The van der Waals surface area contributed by atoms with Crippen molar-refractivity contribution in [1.82, 2.24) is 15.1 Å². The topological polar surface area (TPSA) is 83.6 Å². The second-order valence-corrected chi connectivity index (χ2v) is 11.0. The number of hydrogen-bond acceptors (Lipinski definition) is 7. The van der Waals surface area contributed by atoms with Crippen molar-refractivity contribution in [2.24, 2.45) is 11.8 Å². The first-order valence-electron chi connectivity index (χ1n) is 13.7. The summed E-state index contributed by atoms with van der Waals surface area (Å²) < 4.78 is 17.5. The van der Waals surface area contributed by atoms with Gasteiger partial charge in [0, 0.05) is 58.2 Å². The Labute approximate surface area is 225 Å². The van der Waals surface area contributed by atoms with Gasteiger partial charge in [-0.2, -0.15) is 0 Å². The molecule has 1 aliphatic carbocycles. The van der Waals surface area contributed by atoms with E-state index in [4.69, 9.17) is 20.6 Å². The zero-order chi connectivity index (χ0) is 26.9. The fourth-order valence-corrected chi connectivity index (χ4v) is 6.60. The highest BCUT2D eigenvalue weighted by Gasteiger charge is 2.62. The van der Waals surface area contributed by atoms with Crippen molar-refractivity contribution in [3.8, 4) is 12.3 Å². The van der Waals surface area contributed by atoms with Gasteiger partial charge in [0.15, 0.2) is 0 Å². The standard InChI is InChI=1S/C29H40N4O5/c1-5-20-18-33(26-25(20)38-19-29(26,36-3)37-4)28(35)24(21-8-6-7-9-21)30-27(34)22-10-12-23(13-11-22)32-16-14-31(2)15-17-32/h1,10-13,20-21,24-26H,6-9,14-19H2,2-4H3,(H,30,34)/t20?,24-,25?,26?/m0/s1. The van der Waals surface area contributed by atoms with Gasteiger partial charge >= 0.3 is 0 Å². The van der Waals surface area contributed by atoms with Gasteiger partial charge in [-0.3, -0.25) is 9.59 Å². The van der Waals surface area contributed by atoms with Crippen LogP contribution in [0.4, 0.5) is 5.69 Å². The first-order chi connectivity index (χ1) is 18.4. The van der Waals surface area contributed by atoms with Crippen molar-refractivity contribution in [3.05, 3.63) is 29.8 Å². The Kier molecular flexibility index (Phi) is 7.96. The molecule has 0 aromatic heterocycles. The molecule has 4 atom stereocenters. The van der Waals surface area contributed by atoms with Gasteiger partial charge in [0.25, 0.3) is 5.91 Å². The van der Waals surface area contributed by atoms with E-state index < -0.39 is 17.9 Å². The van der Waals surface area contributed by atoms with E-state index in [1.165, 1.54) is 0 Å². The lowest BCUT2D eigenvalue weighted by molar-refractivity contribution is -0.227. The van der Waals surface area contributed by atoms with Crippen LogP contribution in [-0.4, -0.2) is 106 Å². The maximum absolute atomic E-state index is 14.2. The molecule has 4 fully saturated rings. The molecule has 9 heteroatoms. The largest absolute Gasteiger partial charge is 0.369 e. The van der Waals surface area contributed by atoms with E-state index in [-0.39, 0.29) is 36.4 Å². The molecule has 3 unspecified atom stereocenters. The number of piperazine rings is 1. The maximum atomic E-state index is 14.2. The van der Waals surface area contributed by atoms with E-state index in [1.54, 1.807) is 19.1 Å². The monoisotopic (exact) mass is 524 g/mol. The van der Waals surface area contributed by atoms with Gasteiger partial charge in [-0.1, -0.05) is 18.8 Å². The smallest absolute Gasteiger partial charge is 0.251 e. The Balaban J connectivity index is 1.34. The molecule has 0 spiro atoms. The average Bonchev–Trinajstić information content (AvgIpc) is 3.69. The highest BCUT2D eigenvalue weighted by atomic mass is 16.7. The summed E-state index contributed by atoms with van der Waals surface area (Å²) in [5.74, 6) is 1.13. The van der Waals surface area contributed by atoms with Gasteiger partial charge in [-0.15, -0.1) is 6.42 Å². The Morgan fingerprint density at radius 3 is 2.37 bits per heavy atom. The number of nitrogens with zero attached hydrogens (tertiary/aromatic N) is 3. The van der Waals surface area contributed by atoms with E-state index in [0.29, 0.717) is 12.1 Å². The lowest BCUT2D eigenvalue weighted by Gasteiger charge is -2.38. The highest BCUT2D eigenvalue weighted by molar-refractivity contribution is 5.98. The minimum Gasteiger partial charge on any atom is -0.369 e. The number of benzene rings is 1. The van der Waals surface area contributed by atoms with E-state index in [9.17, 15) is 9.59 Å². The molecular weight excluding hydrogens is 484 g/mol. The van der Waals surface area contributed by atoms with Crippen LogP contribution < -0.4 is 10.2 Å². The lowest BCUT2D eigenvalue weighted by atomic mass is 9.95. The van der Waals surface area contributed by atoms with E-state index in [1.807, 2.05) is 24.3 Å². The number of ether oxygens (including phenoxy) is 3. The van der Waals surface area contributed by atoms with E-state index in [0.717, 1.165) is 57.5 Å². The maximum Gasteiger partial charge on any atom is 0.251 e. The van der Waals surface area contributed by atoms with Crippen molar-refractivity contribution < 1.29 is 23.8 Å². The van der Waals surface area contributed by atoms with E-state index >= 15 is 0 Å². The van der Waals surface area contributed by atoms with Crippen LogP contribution in [0.5, 0.6) is 0 Å². The number of likely N-dealkylation sites (tertiary alicyclic amines) is 1. The summed E-state index contributed by atoms with van der Waals surface area (Å²) in [6.07, 6.45) is 9.35. The number of rotatable bonds is 7. The van der Waals surface area contributed by atoms with Gasteiger partial charge in [-0.05, 0) is 50.1 Å². The van der Waals surface area contributed by atoms with Crippen LogP contribution in [0.3, 0.4) is 0 Å². The molecule has 3 heterocycles. The molecule has 1 N–H and O–H groups in total. The zero-order valence-electron chi connectivity index (χ0n) is 22.7. The third-order valence-corrected chi connectivity index (χ3v) is 8.97. The van der Waals surface area contributed by atoms with Gasteiger partial charge in [-0.25, -0.2) is 0 Å². The number of amides is 2. The molecule has 3 aliphatic heterocycles. The summed E-state index contributed by atoms with van der Waals surface area (Å²) in [6.45, 7) is 4.50. The predicted molar refractivity (Wildman–Crippen MR) is 144 cm³/mol. The fraction of sp³-hybridized carbons (Fsp3) is 0.655. The molecule has 9 nitrogen and oxygen atoms in total. The molecule has 1 saturated carbocycles. The summed E-state index contributed by atoms with van der Waals surface area (Å²) in [5.41, 5.74) is 1.66. The molecular formula is C29H40N4O5. The molecule has 0 radical (unpaired) electrons. The van der Waals surface area contributed by atoms with Gasteiger partial charge in [0.2, 0.25) is 11.7 Å². The summed E-state index contributed by atoms with van der Waals surface area (Å²) in [5, 5.41) is 3.11. The van der Waals surface area contributed by atoms with Crippen LogP contribution in [-0.2, 0) is 19.0 Å². The summed E-state index contributed by atoms with van der Waals surface area (Å²) in [7, 11) is 5.25. The number of likely N-dealkylation sites (N-methyl/N-ethyl adjacent to an activating group) is 1. The Bertz CT molecular complexity index is 1040. The predicted octanol–water partition coefficient (Wildman–Crippen LogP) is 1.58. The molecule has 2 amide bonds. The first-order valence-corrected chi connectivity index (χ1v) is 13.7. The lowest BCUT2D eigenvalue weighted by Crippen LogP contribution is -2.59. The summed E-state index contributed by atoms with van der Waals surface area (Å²) in [6, 6.07) is 6.57. The highest BCUT2D eigenvalue weighted by Crippen LogP contribution is 2.42. The van der Waals surface area contributed by atoms with Crippen LogP contribution >= 0.6 is 0 Å². The van der Waals surface area contributed by atoms with Crippen molar-refractivity contribution >= 4 is 17.5 Å². The van der Waals surface area contributed by atoms with Crippen LogP contribution in [0.1, 0.15) is 36.0 Å². The second-order valence-electron chi connectivity index (χ2n) is 11.0. The zero-order valence-corrected chi connectivity index (χ0v) is 22.7. The number of terminal acetylenes is 1. The molecule has 3 saturated heterocycles. The number of methoxy groups -OCH3 is 2. The quantitative estimate of drug-likeness (QED) is 0.428. The van der Waals surface area contributed by atoms with Crippen LogP contribution in [0, 0.1) is 24.2 Å². The molecule has 0 bridgehead atoms. The minimum atomic E-state index is -1.09. The Hall–Kier alpha value is -2.64. The third kappa shape index (κ3) is 4.91. The number of carbonyl (C=O) groups is 2. The first kappa shape index (κ1) is 26.9. The fourth-order valence-electron chi connectivity index (χ4n) is 6.60. The van der Waals surface area contributed by atoms with E-state index in [2.05, 4.69) is 28.1 Å². The second kappa shape index (κ2) is 11.2. The van der Waals surface area contributed by atoms with Gasteiger partial charge < -0.3 is 34.2 Å². The van der Waals surface area contributed by atoms with Gasteiger partial charge in [0.1, 0.15) is 18.7 Å². The number of carbonyl (C=O) groups excluding carboxylic acids is 2. The molecule has 4 aliphatic rings. The number of fused-ring (bicyclic) bond motifs is 1. The third-order valence-electron chi connectivity index (χ3n) is 8.97. The summed E-state index contributed by atoms with van der Waals surface area (Å²) in [4.78, 5) is 34.0. The molecule has 1 aromatic carbocycles. The minimum absolute atomic E-state index is 0.0706.